The van der Waals surface area contributed by atoms with E-state index < -0.39 is 5.97 Å². The van der Waals surface area contributed by atoms with Crippen molar-refractivity contribution in [3.63, 3.8) is 0 Å². The van der Waals surface area contributed by atoms with E-state index in [-0.39, 0.29) is 24.7 Å². The molecule has 2 atom stereocenters. The number of likely N-dealkylation sites (tertiary alicyclic amines) is 1. The third-order valence-electron chi connectivity index (χ3n) is 5.06. The van der Waals surface area contributed by atoms with Crippen molar-refractivity contribution in [2.24, 2.45) is 5.92 Å². The molecule has 0 radical (unpaired) electrons. The number of esters is 1. The average molecular weight is 413 g/mol. The first-order chi connectivity index (χ1) is 14.6. The maximum atomic E-state index is 12.7. The smallest absolute Gasteiger partial charge is 0.410 e. The molecule has 1 saturated heterocycles. The van der Waals surface area contributed by atoms with Crippen LogP contribution in [0.3, 0.4) is 0 Å². The summed E-state index contributed by atoms with van der Waals surface area (Å²) in [5.74, 6) is 0.456. The Hall–Kier alpha value is -3.06. The van der Waals surface area contributed by atoms with Crippen molar-refractivity contribution < 1.29 is 28.5 Å². The first kappa shape index (κ1) is 21.6. The molecule has 1 aliphatic rings. The number of methoxy groups -OCH3 is 2. The minimum absolute atomic E-state index is 0.117. The van der Waals surface area contributed by atoms with Gasteiger partial charge in [-0.1, -0.05) is 30.3 Å². The zero-order valence-electron chi connectivity index (χ0n) is 17.3. The first-order valence-electron chi connectivity index (χ1n) is 9.88. The van der Waals surface area contributed by atoms with E-state index in [0.29, 0.717) is 31.1 Å². The number of benzene rings is 2. The Labute approximate surface area is 176 Å². The number of hydrogen-bond acceptors (Lipinski definition) is 6. The Morgan fingerprint density at radius 2 is 1.73 bits per heavy atom. The topological polar surface area (TPSA) is 74.3 Å². The van der Waals surface area contributed by atoms with E-state index in [1.807, 2.05) is 30.3 Å². The third kappa shape index (κ3) is 5.73. The first-order valence-corrected chi connectivity index (χ1v) is 9.88. The molecule has 0 unspecified atom stereocenters. The monoisotopic (exact) mass is 413 g/mol. The number of carbonyl (C=O) groups excluding carboxylic acids is 2. The molecule has 2 aromatic carbocycles. The molecule has 0 aliphatic carbocycles. The largest absolute Gasteiger partial charge is 0.491 e. The number of amides is 1. The number of ether oxygens (including phenoxy) is 4. The van der Waals surface area contributed by atoms with E-state index in [2.05, 4.69) is 0 Å². The summed E-state index contributed by atoms with van der Waals surface area (Å²) in [6.45, 7) is 1.70. The standard InChI is InChI=1S/C23H27NO6/c1-27-14-18-12-20(16-29-21-10-8-19(9-11-21)22(25)28-2)24(13-18)23(26)30-15-17-6-4-3-5-7-17/h3-11,18,20H,12-16H2,1-2H3/t18-,20-/m0/s1. The van der Waals surface area contributed by atoms with Gasteiger partial charge in [-0.25, -0.2) is 9.59 Å². The number of hydrogen-bond donors (Lipinski definition) is 0. The van der Waals surface area contributed by atoms with Crippen LogP contribution in [0.15, 0.2) is 54.6 Å². The second kappa shape index (κ2) is 10.6. The van der Waals surface area contributed by atoms with Gasteiger partial charge in [0.1, 0.15) is 19.0 Å². The molecule has 0 spiro atoms. The molecule has 0 bridgehead atoms. The van der Waals surface area contributed by atoms with Crippen LogP contribution >= 0.6 is 0 Å². The second-order valence-corrected chi connectivity index (χ2v) is 7.23. The van der Waals surface area contributed by atoms with Crippen molar-refractivity contribution in [1.29, 1.82) is 0 Å². The minimum atomic E-state index is -0.396. The molecule has 1 fully saturated rings. The fourth-order valence-corrected chi connectivity index (χ4v) is 3.55. The predicted octanol–water partition coefficient (Wildman–Crippen LogP) is 3.53. The average Bonchev–Trinajstić information content (AvgIpc) is 3.19. The van der Waals surface area contributed by atoms with Crippen molar-refractivity contribution in [1.82, 2.24) is 4.90 Å². The van der Waals surface area contributed by atoms with Crippen LogP contribution in [0.2, 0.25) is 0 Å². The van der Waals surface area contributed by atoms with E-state index in [1.165, 1.54) is 7.11 Å². The van der Waals surface area contributed by atoms with Gasteiger partial charge in [-0.2, -0.15) is 0 Å². The van der Waals surface area contributed by atoms with Crippen LogP contribution in [-0.4, -0.2) is 57.0 Å². The highest BCUT2D eigenvalue weighted by molar-refractivity contribution is 5.89. The SMILES string of the molecule is COC[C@H]1C[C@@H](COc2ccc(C(=O)OC)cc2)N(C(=O)OCc2ccccc2)C1. The van der Waals surface area contributed by atoms with Gasteiger partial charge in [0.2, 0.25) is 0 Å². The zero-order chi connectivity index (χ0) is 21.3. The lowest BCUT2D eigenvalue weighted by Crippen LogP contribution is -2.39. The molecular formula is C23H27NO6. The Kier molecular flexibility index (Phi) is 7.68. The predicted molar refractivity (Wildman–Crippen MR) is 110 cm³/mol. The van der Waals surface area contributed by atoms with Crippen molar-refractivity contribution in [3.8, 4) is 5.75 Å². The normalized spacial score (nSPS) is 18.1. The lowest BCUT2D eigenvalue weighted by molar-refractivity contribution is 0.0600. The van der Waals surface area contributed by atoms with Gasteiger partial charge in [-0.15, -0.1) is 0 Å². The van der Waals surface area contributed by atoms with Gasteiger partial charge in [0.05, 0.1) is 25.3 Å². The van der Waals surface area contributed by atoms with Gasteiger partial charge in [0.15, 0.2) is 0 Å². The van der Waals surface area contributed by atoms with Gasteiger partial charge in [0.25, 0.3) is 0 Å². The Morgan fingerprint density at radius 3 is 2.40 bits per heavy atom. The van der Waals surface area contributed by atoms with Crippen molar-refractivity contribution in [2.75, 3.05) is 34.0 Å². The molecule has 30 heavy (non-hydrogen) atoms. The molecule has 7 heteroatoms. The molecule has 1 heterocycles. The summed E-state index contributed by atoms with van der Waals surface area (Å²) < 4.78 is 21.4. The Balaban J connectivity index is 1.58. The zero-order valence-corrected chi connectivity index (χ0v) is 17.3. The van der Waals surface area contributed by atoms with Crippen molar-refractivity contribution in [2.45, 2.75) is 19.1 Å². The Morgan fingerprint density at radius 1 is 1.00 bits per heavy atom. The summed E-state index contributed by atoms with van der Waals surface area (Å²) in [4.78, 5) is 26.0. The van der Waals surface area contributed by atoms with E-state index >= 15 is 0 Å². The third-order valence-corrected chi connectivity index (χ3v) is 5.06. The van der Waals surface area contributed by atoms with Crippen LogP contribution in [0.1, 0.15) is 22.3 Å². The molecule has 7 nitrogen and oxygen atoms in total. The molecule has 0 aromatic heterocycles. The van der Waals surface area contributed by atoms with E-state index in [9.17, 15) is 9.59 Å². The van der Waals surface area contributed by atoms with Crippen LogP contribution in [0.5, 0.6) is 5.75 Å². The highest BCUT2D eigenvalue weighted by Crippen LogP contribution is 2.26. The Bertz CT molecular complexity index is 823. The van der Waals surface area contributed by atoms with Gasteiger partial charge in [0, 0.05) is 19.6 Å². The molecular weight excluding hydrogens is 386 g/mol. The molecule has 2 aromatic rings. The van der Waals surface area contributed by atoms with E-state index in [4.69, 9.17) is 18.9 Å². The summed E-state index contributed by atoms with van der Waals surface area (Å²) in [5.41, 5.74) is 1.40. The number of carbonyl (C=O) groups is 2. The lowest BCUT2D eigenvalue weighted by Gasteiger charge is -2.24. The van der Waals surface area contributed by atoms with E-state index in [1.54, 1.807) is 36.3 Å². The molecule has 3 rings (SSSR count). The number of nitrogens with zero attached hydrogens (tertiary/aromatic N) is 1. The van der Waals surface area contributed by atoms with Gasteiger partial charge in [-0.3, -0.25) is 0 Å². The molecule has 1 amide bonds. The number of rotatable bonds is 8. The summed E-state index contributed by atoms with van der Waals surface area (Å²) in [6, 6.07) is 16.2. The highest BCUT2D eigenvalue weighted by atomic mass is 16.6. The fraction of sp³-hybridized carbons (Fsp3) is 0.391. The molecule has 160 valence electrons. The van der Waals surface area contributed by atoms with Crippen LogP contribution < -0.4 is 4.74 Å². The minimum Gasteiger partial charge on any atom is -0.491 e. The highest BCUT2D eigenvalue weighted by Gasteiger charge is 2.36. The quantitative estimate of drug-likeness (QED) is 0.617. The van der Waals surface area contributed by atoms with E-state index in [0.717, 1.165) is 12.0 Å². The maximum Gasteiger partial charge on any atom is 0.410 e. The maximum absolute atomic E-state index is 12.7. The van der Waals surface area contributed by atoms with Crippen LogP contribution in [-0.2, 0) is 20.8 Å². The summed E-state index contributed by atoms with van der Waals surface area (Å²) in [5, 5.41) is 0. The lowest BCUT2D eigenvalue weighted by atomic mass is 10.1. The van der Waals surface area contributed by atoms with Crippen LogP contribution in [0.4, 0.5) is 4.79 Å². The second-order valence-electron chi connectivity index (χ2n) is 7.23. The van der Waals surface area contributed by atoms with Gasteiger partial charge in [-0.05, 0) is 36.2 Å². The van der Waals surface area contributed by atoms with Crippen LogP contribution in [0.25, 0.3) is 0 Å². The van der Waals surface area contributed by atoms with Crippen molar-refractivity contribution >= 4 is 12.1 Å². The summed E-state index contributed by atoms with van der Waals surface area (Å²) in [7, 11) is 3.00. The van der Waals surface area contributed by atoms with Gasteiger partial charge >= 0.3 is 12.1 Å². The summed E-state index contributed by atoms with van der Waals surface area (Å²) >= 11 is 0. The summed E-state index contributed by atoms with van der Waals surface area (Å²) in [6.07, 6.45) is 0.418. The van der Waals surface area contributed by atoms with Crippen LogP contribution in [0, 0.1) is 5.92 Å². The molecule has 1 aliphatic heterocycles. The van der Waals surface area contributed by atoms with Crippen molar-refractivity contribution in [3.05, 3.63) is 65.7 Å². The van der Waals surface area contributed by atoms with Gasteiger partial charge < -0.3 is 23.8 Å². The molecule has 0 saturated carbocycles. The molecule has 0 N–H and O–H groups in total. The fourth-order valence-electron chi connectivity index (χ4n) is 3.55.